The van der Waals surface area contributed by atoms with Crippen LogP contribution in [-0.4, -0.2) is 37.2 Å². The molecule has 0 saturated heterocycles. The molecule has 1 atom stereocenters. The number of hydrogen-bond donors (Lipinski definition) is 0. The predicted molar refractivity (Wildman–Crippen MR) is 288 cm³/mol. The molecule has 6 nitrogen and oxygen atoms in total. The molecule has 0 aromatic carbocycles. The van der Waals surface area contributed by atoms with E-state index in [9.17, 15) is 14.4 Å². The molecule has 6 heteroatoms. The molecule has 0 aliphatic rings. The van der Waals surface area contributed by atoms with Crippen LogP contribution in [0, 0.1) is 0 Å². The Morgan fingerprint density at radius 3 is 0.940 bits per heavy atom. The average molecular weight is 931 g/mol. The molecule has 0 spiro atoms. The second kappa shape index (κ2) is 54.9. The third-order valence-corrected chi connectivity index (χ3v) is 11.6. The van der Waals surface area contributed by atoms with E-state index < -0.39 is 6.10 Å². The van der Waals surface area contributed by atoms with Gasteiger partial charge in [0.25, 0.3) is 0 Å². The van der Waals surface area contributed by atoms with Gasteiger partial charge in [-0.25, -0.2) is 0 Å². The maximum absolute atomic E-state index is 12.8. The molecule has 0 saturated carbocycles. The first kappa shape index (κ1) is 63.3. The van der Waals surface area contributed by atoms with Gasteiger partial charge in [-0.3, -0.25) is 14.4 Å². The van der Waals surface area contributed by atoms with E-state index in [1.54, 1.807) is 0 Å². The van der Waals surface area contributed by atoms with Gasteiger partial charge in [-0.2, -0.15) is 0 Å². The van der Waals surface area contributed by atoms with E-state index in [0.717, 1.165) is 141 Å². The van der Waals surface area contributed by atoms with Crippen molar-refractivity contribution in [3.8, 4) is 0 Å². The van der Waals surface area contributed by atoms with Gasteiger partial charge in [0.15, 0.2) is 6.10 Å². The Morgan fingerprint density at radius 1 is 0.313 bits per heavy atom. The minimum absolute atomic E-state index is 0.0997. The van der Waals surface area contributed by atoms with Gasteiger partial charge in [0.1, 0.15) is 13.2 Å². The molecule has 0 aliphatic carbocycles. The molecule has 0 aromatic rings. The Labute approximate surface area is 413 Å². The van der Waals surface area contributed by atoms with Gasteiger partial charge >= 0.3 is 17.9 Å². The highest BCUT2D eigenvalue weighted by Gasteiger charge is 2.19. The summed E-state index contributed by atoms with van der Waals surface area (Å²) in [4.78, 5) is 38.1. The van der Waals surface area contributed by atoms with Gasteiger partial charge in [-0.1, -0.05) is 214 Å². The van der Waals surface area contributed by atoms with Crippen LogP contribution in [0.2, 0.25) is 0 Å². The van der Waals surface area contributed by atoms with Gasteiger partial charge in [-0.05, 0) is 116 Å². The first-order valence-corrected chi connectivity index (χ1v) is 27.7. The van der Waals surface area contributed by atoms with E-state index in [2.05, 4.69) is 118 Å². The van der Waals surface area contributed by atoms with Gasteiger partial charge in [0.05, 0.1) is 0 Å². The van der Waals surface area contributed by atoms with Crippen molar-refractivity contribution in [1.82, 2.24) is 0 Å². The van der Waals surface area contributed by atoms with Crippen LogP contribution in [-0.2, 0) is 28.6 Å². The number of carbonyl (C=O) groups excluding carboxylic acids is 3. The molecule has 0 bridgehead atoms. The fourth-order valence-electron chi connectivity index (χ4n) is 7.44. The summed E-state index contributed by atoms with van der Waals surface area (Å²) in [7, 11) is 0. The number of allylic oxidation sites excluding steroid dienone is 16. The minimum atomic E-state index is -0.802. The Morgan fingerprint density at radius 2 is 0.582 bits per heavy atom. The molecule has 0 aromatic heterocycles. The van der Waals surface area contributed by atoms with Gasteiger partial charge < -0.3 is 14.2 Å². The Balaban J connectivity index is 4.45. The summed E-state index contributed by atoms with van der Waals surface area (Å²) in [6, 6.07) is 0. The largest absolute Gasteiger partial charge is 0.462 e. The summed E-state index contributed by atoms with van der Waals surface area (Å²) >= 11 is 0. The van der Waals surface area contributed by atoms with Crippen LogP contribution in [0.4, 0.5) is 0 Å². The third-order valence-electron chi connectivity index (χ3n) is 11.6. The number of unbranched alkanes of at least 4 members (excludes halogenated alkanes) is 22. The van der Waals surface area contributed by atoms with E-state index in [0.29, 0.717) is 19.3 Å². The average Bonchev–Trinajstić information content (AvgIpc) is 3.33. The lowest BCUT2D eigenvalue weighted by molar-refractivity contribution is -0.167. The molecular weight excluding hydrogens is 829 g/mol. The minimum Gasteiger partial charge on any atom is -0.462 e. The number of esters is 3. The monoisotopic (exact) mass is 931 g/mol. The van der Waals surface area contributed by atoms with Crippen LogP contribution in [0.1, 0.15) is 252 Å². The van der Waals surface area contributed by atoms with Crippen molar-refractivity contribution in [2.24, 2.45) is 0 Å². The number of hydrogen-bond acceptors (Lipinski definition) is 6. The summed E-state index contributed by atoms with van der Waals surface area (Å²) in [5.74, 6) is -0.954. The Hall–Kier alpha value is -3.67. The van der Waals surface area contributed by atoms with E-state index in [-0.39, 0.29) is 31.1 Å². The fraction of sp³-hybridized carbons (Fsp3) is 0.689. The molecule has 67 heavy (non-hydrogen) atoms. The second-order valence-corrected chi connectivity index (χ2v) is 18.1. The van der Waals surface area contributed by atoms with Crippen LogP contribution < -0.4 is 0 Å². The van der Waals surface area contributed by atoms with Gasteiger partial charge in [0, 0.05) is 19.3 Å². The van der Waals surface area contributed by atoms with Crippen molar-refractivity contribution in [2.45, 2.75) is 258 Å². The van der Waals surface area contributed by atoms with Gasteiger partial charge in [-0.15, -0.1) is 0 Å². The zero-order valence-electron chi connectivity index (χ0n) is 43.6. The Kier molecular flexibility index (Phi) is 51.9. The first-order chi connectivity index (χ1) is 33.0. The fourth-order valence-corrected chi connectivity index (χ4v) is 7.44. The molecule has 0 radical (unpaired) electrons. The van der Waals surface area contributed by atoms with E-state index in [1.165, 1.54) is 70.6 Å². The number of rotatable bonds is 49. The number of ether oxygens (including phenoxy) is 3. The topological polar surface area (TPSA) is 78.9 Å². The van der Waals surface area contributed by atoms with Crippen LogP contribution in [0.5, 0.6) is 0 Å². The van der Waals surface area contributed by atoms with E-state index in [1.807, 2.05) is 0 Å². The lowest BCUT2D eigenvalue weighted by Crippen LogP contribution is -2.30. The van der Waals surface area contributed by atoms with Crippen molar-refractivity contribution in [3.05, 3.63) is 97.2 Å². The maximum atomic E-state index is 12.8. The molecule has 0 fully saturated rings. The summed E-state index contributed by atoms with van der Waals surface area (Å²) in [5, 5.41) is 0. The van der Waals surface area contributed by atoms with Crippen molar-refractivity contribution >= 4 is 17.9 Å². The SMILES string of the molecule is CC/C=C\C/C=C\C/C=C\C/C=C\C/C=C\CCCCCC(=O)OCC(COC(=O)CCCCCCC/C=C\C/C=C\CC)OC(=O)CCCCCCC/C=C\CCCCCCCCCCC. The van der Waals surface area contributed by atoms with Gasteiger partial charge in [0.2, 0.25) is 0 Å². The van der Waals surface area contributed by atoms with E-state index >= 15 is 0 Å². The molecule has 0 heterocycles. The maximum Gasteiger partial charge on any atom is 0.306 e. The zero-order valence-corrected chi connectivity index (χ0v) is 43.6. The van der Waals surface area contributed by atoms with Crippen LogP contribution in [0.15, 0.2) is 97.2 Å². The Bertz CT molecular complexity index is 1350. The molecule has 382 valence electrons. The molecular formula is C61H102O6. The van der Waals surface area contributed by atoms with E-state index in [4.69, 9.17) is 14.2 Å². The molecule has 0 rings (SSSR count). The molecule has 0 aliphatic heterocycles. The lowest BCUT2D eigenvalue weighted by atomic mass is 10.1. The first-order valence-electron chi connectivity index (χ1n) is 27.7. The lowest BCUT2D eigenvalue weighted by Gasteiger charge is -2.18. The van der Waals surface area contributed by atoms with Crippen molar-refractivity contribution in [1.29, 1.82) is 0 Å². The molecule has 0 N–H and O–H groups in total. The van der Waals surface area contributed by atoms with Crippen molar-refractivity contribution in [3.63, 3.8) is 0 Å². The standard InChI is InChI=1S/C61H102O6/c1-4-7-10-13-16-19-22-25-27-29-31-33-34-36-39-42-45-48-51-54-60(63)66-57-58(56-65-59(62)53-50-47-44-41-38-24-21-18-15-12-9-6-3)67-61(64)55-52-49-46-43-40-37-35-32-30-28-26-23-20-17-14-11-8-5-2/h7,9-10,12,16,18-19,21,25,27,31-33,35-36,39,58H,4-6,8,11,13-15,17,20,22-24,26,28-30,34,37-38,40-57H2,1-3H3/b10-7-,12-9-,19-16-,21-18-,27-25-,33-31-,35-32-,39-36-. The van der Waals surface area contributed by atoms with Crippen LogP contribution in [0.25, 0.3) is 0 Å². The summed E-state index contributed by atoms with van der Waals surface area (Å²) in [6.07, 6.45) is 72.6. The zero-order chi connectivity index (χ0) is 48.6. The predicted octanol–water partition coefficient (Wildman–Crippen LogP) is 18.5. The smallest absolute Gasteiger partial charge is 0.306 e. The van der Waals surface area contributed by atoms with Crippen LogP contribution in [0.3, 0.4) is 0 Å². The summed E-state index contributed by atoms with van der Waals surface area (Å²) in [5.41, 5.74) is 0. The third kappa shape index (κ3) is 53.2. The highest BCUT2D eigenvalue weighted by atomic mass is 16.6. The molecule has 1 unspecified atom stereocenters. The molecule has 0 amide bonds. The van der Waals surface area contributed by atoms with Crippen molar-refractivity contribution in [2.75, 3.05) is 13.2 Å². The summed E-state index contributed by atoms with van der Waals surface area (Å²) < 4.78 is 16.8. The highest BCUT2D eigenvalue weighted by molar-refractivity contribution is 5.71. The van der Waals surface area contributed by atoms with Crippen LogP contribution >= 0.6 is 0 Å². The normalized spacial score (nSPS) is 12.8. The quantitative estimate of drug-likeness (QED) is 0.0262. The summed E-state index contributed by atoms with van der Waals surface area (Å²) in [6.45, 7) is 6.37. The van der Waals surface area contributed by atoms with Crippen molar-refractivity contribution < 1.29 is 28.6 Å². The second-order valence-electron chi connectivity index (χ2n) is 18.1. The number of carbonyl (C=O) groups is 3. The highest BCUT2D eigenvalue weighted by Crippen LogP contribution is 2.14.